The van der Waals surface area contributed by atoms with Crippen LogP contribution in [0.1, 0.15) is 28.8 Å². The number of aromatic carboxylic acids is 1. The van der Waals surface area contributed by atoms with Gasteiger partial charge in [-0.3, -0.25) is 4.21 Å². The number of urea groups is 1. The highest BCUT2D eigenvalue weighted by Gasteiger charge is 2.11. The summed E-state index contributed by atoms with van der Waals surface area (Å²) in [4.78, 5) is 26.1. The zero-order valence-electron chi connectivity index (χ0n) is 11.2. The molecule has 2 amide bonds. The quantitative estimate of drug-likeness (QED) is 0.689. The van der Waals surface area contributed by atoms with Gasteiger partial charge in [-0.2, -0.15) is 0 Å². The number of amides is 2. The van der Waals surface area contributed by atoms with Crippen molar-refractivity contribution in [2.75, 3.05) is 12.0 Å². The maximum absolute atomic E-state index is 11.6. The molecule has 9 heteroatoms. The van der Waals surface area contributed by atoms with Crippen LogP contribution in [0.4, 0.5) is 4.79 Å². The lowest BCUT2D eigenvalue weighted by atomic mass is 10.3. The number of nitrogens with one attached hydrogen (secondary N) is 2. The summed E-state index contributed by atoms with van der Waals surface area (Å²) >= 11 is 1.18. The normalized spacial score (nSPS) is 13.5. The van der Waals surface area contributed by atoms with Crippen molar-refractivity contribution in [3.63, 3.8) is 0 Å². The minimum Gasteiger partial charge on any atom is -0.476 e. The van der Waals surface area contributed by atoms with Crippen LogP contribution in [0.25, 0.3) is 0 Å². The van der Waals surface area contributed by atoms with Crippen molar-refractivity contribution in [1.29, 1.82) is 0 Å². The number of hydrogen-bond donors (Lipinski definition) is 3. The Morgan fingerprint density at radius 2 is 2.25 bits per heavy atom. The van der Waals surface area contributed by atoms with Crippen molar-refractivity contribution >= 4 is 34.1 Å². The third-order valence-electron chi connectivity index (χ3n) is 2.39. The molecule has 112 valence electrons. The van der Waals surface area contributed by atoms with E-state index >= 15 is 0 Å². The van der Waals surface area contributed by atoms with Crippen LogP contribution in [0, 0.1) is 0 Å². The van der Waals surface area contributed by atoms with Crippen LogP contribution in [-0.4, -0.2) is 44.4 Å². The summed E-state index contributed by atoms with van der Waals surface area (Å²) in [6, 6.07) is -0.434. The minimum absolute atomic E-state index is 0.0222. The topological polar surface area (TPSA) is 108 Å². The van der Waals surface area contributed by atoms with Gasteiger partial charge in [-0.1, -0.05) is 0 Å². The first-order chi connectivity index (χ1) is 9.38. The molecule has 2 unspecified atom stereocenters. The SMILES string of the molecule is CC(CCS(C)=O)NC(=O)NCc1nc(C(=O)O)cs1. The summed E-state index contributed by atoms with van der Waals surface area (Å²) < 4.78 is 10.9. The number of hydrogen-bond acceptors (Lipinski definition) is 5. The zero-order valence-corrected chi connectivity index (χ0v) is 12.8. The van der Waals surface area contributed by atoms with Gasteiger partial charge in [0, 0.05) is 34.2 Å². The molecule has 0 aromatic carbocycles. The number of carboxylic acid groups (broad SMARTS) is 1. The lowest BCUT2D eigenvalue weighted by Gasteiger charge is -2.13. The van der Waals surface area contributed by atoms with Gasteiger partial charge < -0.3 is 15.7 Å². The van der Waals surface area contributed by atoms with Crippen LogP contribution < -0.4 is 10.6 Å². The highest BCUT2D eigenvalue weighted by molar-refractivity contribution is 7.84. The number of aromatic nitrogens is 1. The smallest absolute Gasteiger partial charge is 0.355 e. The van der Waals surface area contributed by atoms with Crippen LogP contribution in [0.3, 0.4) is 0 Å². The Hall–Kier alpha value is -1.48. The maximum Gasteiger partial charge on any atom is 0.355 e. The van der Waals surface area contributed by atoms with Gasteiger partial charge in [0.2, 0.25) is 0 Å². The Morgan fingerprint density at radius 3 is 2.80 bits per heavy atom. The van der Waals surface area contributed by atoms with Crippen LogP contribution in [0.5, 0.6) is 0 Å². The summed E-state index contributed by atoms with van der Waals surface area (Å²) in [5, 5.41) is 16.0. The molecule has 0 bridgehead atoms. The number of carbonyl (C=O) groups is 2. The molecule has 0 fully saturated rings. The highest BCUT2D eigenvalue weighted by Crippen LogP contribution is 2.09. The Labute approximate surface area is 123 Å². The number of rotatable bonds is 7. The molecule has 1 aromatic heterocycles. The van der Waals surface area contributed by atoms with Crippen LogP contribution in [-0.2, 0) is 17.3 Å². The molecule has 20 heavy (non-hydrogen) atoms. The van der Waals surface area contributed by atoms with Crippen molar-refractivity contribution in [3.05, 3.63) is 16.1 Å². The third kappa shape index (κ3) is 6.11. The Kier molecular flexibility index (Phi) is 6.59. The van der Waals surface area contributed by atoms with E-state index in [1.165, 1.54) is 16.7 Å². The fraction of sp³-hybridized carbons (Fsp3) is 0.545. The molecule has 0 radical (unpaired) electrons. The van der Waals surface area contributed by atoms with E-state index in [1.54, 1.807) is 6.26 Å². The van der Waals surface area contributed by atoms with Gasteiger partial charge in [0.15, 0.2) is 5.69 Å². The molecule has 0 saturated heterocycles. The molecule has 0 spiro atoms. The molecule has 3 N–H and O–H groups in total. The number of nitrogens with zero attached hydrogens (tertiary/aromatic N) is 1. The van der Waals surface area contributed by atoms with Gasteiger partial charge in [-0.05, 0) is 13.3 Å². The molecular formula is C11H17N3O4S2. The van der Waals surface area contributed by atoms with E-state index in [1.807, 2.05) is 6.92 Å². The van der Waals surface area contributed by atoms with Gasteiger partial charge in [-0.25, -0.2) is 14.6 Å². The molecule has 0 aliphatic heterocycles. The van der Waals surface area contributed by atoms with Gasteiger partial charge in [0.05, 0.1) is 6.54 Å². The molecule has 2 atom stereocenters. The van der Waals surface area contributed by atoms with E-state index in [9.17, 15) is 13.8 Å². The molecule has 7 nitrogen and oxygen atoms in total. The lowest BCUT2D eigenvalue weighted by Crippen LogP contribution is -2.40. The predicted octanol–water partition coefficient (Wildman–Crippen LogP) is 0.798. The molecule has 0 aliphatic carbocycles. The Balaban J connectivity index is 2.31. The molecule has 1 heterocycles. The first-order valence-corrected chi connectivity index (χ1v) is 8.51. The monoisotopic (exact) mass is 319 g/mol. The van der Waals surface area contributed by atoms with Gasteiger partial charge in [0.1, 0.15) is 5.01 Å². The predicted molar refractivity (Wildman–Crippen MR) is 77.5 cm³/mol. The fourth-order valence-electron chi connectivity index (χ4n) is 1.34. The Bertz CT molecular complexity index is 504. The van der Waals surface area contributed by atoms with Crippen LogP contribution in [0.15, 0.2) is 5.38 Å². The minimum atomic E-state index is -1.09. The van der Waals surface area contributed by atoms with E-state index in [4.69, 9.17) is 5.11 Å². The van der Waals surface area contributed by atoms with Crippen molar-refractivity contribution in [1.82, 2.24) is 15.6 Å². The molecule has 0 aliphatic rings. The van der Waals surface area contributed by atoms with Crippen molar-refractivity contribution in [3.8, 4) is 0 Å². The second kappa shape index (κ2) is 7.95. The van der Waals surface area contributed by atoms with Crippen molar-refractivity contribution in [2.24, 2.45) is 0 Å². The average Bonchev–Trinajstić information content (AvgIpc) is 2.83. The van der Waals surface area contributed by atoms with Crippen molar-refractivity contribution < 1.29 is 18.9 Å². The number of carboxylic acids is 1. The summed E-state index contributed by atoms with van der Waals surface area (Å²) in [7, 11) is -0.872. The van der Waals surface area contributed by atoms with Crippen molar-refractivity contribution in [2.45, 2.75) is 25.9 Å². The van der Waals surface area contributed by atoms with E-state index in [2.05, 4.69) is 15.6 Å². The highest BCUT2D eigenvalue weighted by atomic mass is 32.2. The first kappa shape index (κ1) is 16.6. The zero-order chi connectivity index (χ0) is 15.1. The number of carbonyl (C=O) groups excluding carboxylic acids is 1. The average molecular weight is 319 g/mol. The molecule has 1 aromatic rings. The molecular weight excluding hydrogens is 302 g/mol. The van der Waals surface area contributed by atoms with E-state index in [0.717, 1.165) is 0 Å². The number of thiazole rings is 1. The van der Waals surface area contributed by atoms with Gasteiger partial charge in [0.25, 0.3) is 0 Å². The molecule has 0 saturated carbocycles. The van der Waals surface area contributed by atoms with E-state index in [-0.39, 0.29) is 24.3 Å². The summed E-state index contributed by atoms with van der Waals surface area (Å²) in [6.07, 6.45) is 2.26. The first-order valence-electron chi connectivity index (χ1n) is 5.90. The van der Waals surface area contributed by atoms with Gasteiger partial charge >= 0.3 is 12.0 Å². The Morgan fingerprint density at radius 1 is 1.55 bits per heavy atom. The standard InChI is InChI=1S/C11H17N3O4S2/c1-7(3-4-20(2)18)13-11(17)12-5-9-14-8(6-19-9)10(15)16/h6-7H,3-5H2,1-2H3,(H,15,16)(H2,12,13,17). The fourth-order valence-corrected chi connectivity index (χ4v) is 2.73. The van der Waals surface area contributed by atoms with E-state index in [0.29, 0.717) is 17.2 Å². The second-order valence-electron chi connectivity index (χ2n) is 4.23. The van der Waals surface area contributed by atoms with Crippen LogP contribution >= 0.6 is 11.3 Å². The molecule has 1 rings (SSSR count). The largest absolute Gasteiger partial charge is 0.476 e. The lowest BCUT2D eigenvalue weighted by molar-refractivity contribution is 0.0691. The third-order valence-corrected chi connectivity index (χ3v) is 4.05. The van der Waals surface area contributed by atoms with Gasteiger partial charge in [-0.15, -0.1) is 11.3 Å². The second-order valence-corrected chi connectivity index (χ2v) is 6.72. The van der Waals surface area contributed by atoms with Crippen LogP contribution in [0.2, 0.25) is 0 Å². The maximum atomic E-state index is 11.6. The van der Waals surface area contributed by atoms with E-state index < -0.39 is 16.8 Å². The summed E-state index contributed by atoms with van der Waals surface area (Å²) in [6.45, 7) is 2.01. The summed E-state index contributed by atoms with van der Waals surface area (Å²) in [5.74, 6) is -0.547. The summed E-state index contributed by atoms with van der Waals surface area (Å²) in [5.41, 5.74) is -0.0222.